The van der Waals surface area contributed by atoms with Crippen LogP contribution in [0.1, 0.15) is 37.5 Å². The second-order valence-corrected chi connectivity index (χ2v) is 5.93. The maximum absolute atomic E-state index is 11.7. The third kappa shape index (κ3) is 5.22. The average molecular weight is 320 g/mol. The van der Waals surface area contributed by atoms with E-state index in [4.69, 9.17) is 4.74 Å². The maximum Gasteiger partial charge on any atom is 0.409 e. The van der Waals surface area contributed by atoms with E-state index in [1.54, 1.807) is 4.90 Å². The van der Waals surface area contributed by atoms with Crippen LogP contribution in [0.5, 0.6) is 0 Å². The molecule has 0 spiro atoms. The molecule has 0 bridgehead atoms. The Morgan fingerprint density at radius 2 is 1.83 bits per heavy atom. The molecule has 0 radical (unpaired) electrons. The number of carbonyl (C=O) groups is 1. The van der Waals surface area contributed by atoms with Crippen molar-refractivity contribution in [3.05, 3.63) is 35.4 Å². The largest absolute Gasteiger partial charge is 0.450 e. The van der Waals surface area contributed by atoms with E-state index in [1.165, 1.54) is 5.56 Å². The van der Waals surface area contributed by atoms with E-state index in [1.807, 2.05) is 19.1 Å². The van der Waals surface area contributed by atoms with Crippen LogP contribution in [-0.4, -0.2) is 60.3 Å². The molecule has 1 aromatic carbocycles. The van der Waals surface area contributed by atoms with E-state index < -0.39 is 6.10 Å². The average Bonchev–Trinajstić information content (AvgIpc) is 2.60. The van der Waals surface area contributed by atoms with Crippen LogP contribution < -0.4 is 0 Å². The summed E-state index contributed by atoms with van der Waals surface area (Å²) in [7, 11) is 0. The lowest BCUT2D eigenvalue weighted by Gasteiger charge is -2.34. The first-order valence-electron chi connectivity index (χ1n) is 8.55. The Morgan fingerprint density at radius 3 is 2.39 bits per heavy atom. The molecule has 23 heavy (non-hydrogen) atoms. The number of amides is 1. The number of piperazine rings is 1. The second kappa shape index (κ2) is 8.89. The van der Waals surface area contributed by atoms with Gasteiger partial charge in [-0.15, -0.1) is 0 Å². The SMILES string of the molecule is CCOC(=O)N1CCN(CCC(O)c2ccc(CC)cc2)CC1. The minimum atomic E-state index is -0.427. The molecule has 1 aliphatic heterocycles. The monoisotopic (exact) mass is 320 g/mol. The van der Waals surface area contributed by atoms with Crippen LogP contribution in [0.3, 0.4) is 0 Å². The molecule has 1 unspecified atom stereocenters. The number of aliphatic hydroxyl groups is 1. The van der Waals surface area contributed by atoms with Crippen LogP contribution in [0.4, 0.5) is 4.79 Å². The van der Waals surface area contributed by atoms with Crippen molar-refractivity contribution in [1.82, 2.24) is 9.80 Å². The lowest BCUT2D eigenvalue weighted by molar-refractivity contribution is 0.0725. The normalized spacial score (nSPS) is 17.1. The third-order valence-electron chi connectivity index (χ3n) is 4.39. The Balaban J connectivity index is 1.73. The summed E-state index contributed by atoms with van der Waals surface area (Å²) < 4.78 is 5.02. The number of aliphatic hydroxyl groups excluding tert-OH is 1. The van der Waals surface area contributed by atoms with Crippen LogP contribution in [0.2, 0.25) is 0 Å². The molecule has 1 atom stereocenters. The van der Waals surface area contributed by atoms with E-state index in [0.717, 1.165) is 31.6 Å². The summed E-state index contributed by atoms with van der Waals surface area (Å²) in [5.74, 6) is 0. The van der Waals surface area contributed by atoms with E-state index in [-0.39, 0.29) is 6.09 Å². The molecule has 0 aliphatic carbocycles. The van der Waals surface area contributed by atoms with Crippen molar-refractivity contribution >= 4 is 6.09 Å². The standard InChI is InChI=1S/C18H28N2O3/c1-3-15-5-7-16(8-6-15)17(21)9-10-19-11-13-20(14-12-19)18(22)23-4-2/h5-8,17,21H,3-4,9-14H2,1-2H3. The quantitative estimate of drug-likeness (QED) is 0.875. The number of aryl methyl sites for hydroxylation is 1. The topological polar surface area (TPSA) is 53.0 Å². The molecular formula is C18H28N2O3. The summed E-state index contributed by atoms with van der Waals surface area (Å²) in [5, 5.41) is 10.3. The summed E-state index contributed by atoms with van der Waals surface area (Å²) in [5.41, 5.74) is 2.27. The first-order chi connectivity index (χ1) is 11.1. The molecule has 1 aromatic rings. The molecule has 2 rings (SSSR count). The second-order valence-electron chi connectivity index (χ2n) is 5.93. The van der Waals surface area contributed by atoms with Crippen LogP contribution >= 0.6 is 0 Å². The van der Waals surface area contributed by atoms with Gasteiger partial charge >= 0.3 is 6.09 Å². The first kappa shape index (κ1) is 17.8. The molecule has 1 aliphatic rings. The van der Waals surface area contributed by atoms with Crippen molar-refractivity contribution in [2.75, 3.05) is 39.3 Å². The van der Waals surface area contributed by atoms with E-state index in [0.29, 0.717) is 26.1 Å². The number of hydrogen-bond donors (Lipinski definition) is 1. The number of ether oxygens (including phenoxy) is 1. The van der Waals surface area contributed by atoms with Crippen LogP contribution in [0.25, 0.3) is 0 Å². The molecule has 5 nitrogen and oxygen atoms in total. The predicted octanol–water partition coefficient (Wildman–Crippen LogP) is 2.45. The Bertz CT molecular complexity index is 482. The highest BCUT2D eigenvalue weighted by Crippen LogP contribution is 2.18. The molecule has 1 N–H and O–H groups in total. The number of hydrogen-bond acceptors (Lipinski definition) is 4. The molecule has 1 amide bonds. The van der Waals surface area contributed by atoms with Crippen molar-refractivity contribution in [1.29, 1.82) is 0 Å². The zero-order valence-electron chi connectivity index (χ0n) is 14.2. The number of benzene rings is 1. The van der Waals surface area contributed by atoms with Crippen molar-refractivity contribution < 1.29 is 14.6 Å². The highest BCUT2D eigenvalue weighted by molar-refractivity contribution is 5.67. The fraction of sp³-hybridized carbons (Fsp3) is 0.611. The first-order valence-corrected chi connectivity index (χ1v) is 8.55. The van der Waals surface area contributed by atoms with E-state index in [9.17, 15) is 9.90 Å². The fourth-order valence-corrected chi connectivity index (χ4v) is 2.82. The van der Waals surface area contributed by atoms with Gasteiger partial charge in [0.25, 0.3) is 0 Å². The van der Waals surface area contributed by atoms with Gasteiger partial charge in [0.2, 0.25) is 0 Å². The zero-order chi connectivity index (χ0) is 16.7. The predicted molar refractivity (Wildman–Crippen MR) is 90.4 cm³/mol. The Hall–Kier alpha value is -1.59. The summed E-state index contributed by atoms with van der Waals surface area (Å²) in [4.78, 5) is 15.7. The van der Waals surface area contributed by atoms with Gasteiger partial charge in [0.05, 0.1) is 12.7 Å². The molecule has 1 fully saturated rings. The van der Waals surface area contributed by atoms with Crippen molar-refractivity contribution in [3.8, 4) is 0 Å². The summed E-state index contributed by atoms with van der Waals surface area (Å²) in [6.45, 7) is 8.26. The number of nitrogens with zero attached hydrogens (tertiary/aromatic N) is 2. The fourth-order valence-electron chi connectivity index (χ4n) is 2.82. The van der Waals surface area contributed by atoms with E-state index in [2.05, 4.69) is 24.0 Å². The molecule has 1 saturated heterocycles. The molecular weight excluding hydrogens is 292 g/mol. The minimum Gasteiger partial charge on any atom is -0.450 e. The Kier molecular flexibility index (Phi) is 6.86. The minimum absolute atomic E-state index is 0.219. The Morgan fingerprint density at radius 1 is 1.17 bits per heavy atom. The van der Waals surface area contributed by atoms with Crippen LogP contribution in [0.15, 0.2) is 24.3 Å². The van der Waals surface area contributed by atoms with Crippen molar-refractivity contribution in [3.63, 3.8) is 0 Å². The smallest absolute Gasteiger partial charge is 0.409 e. The van der Waals surface area contributed by atoms with Gasteiger partial charge in [-0.05, 0) is 30.9 Å². The van der Waals surface area contributed by atoms with Gasteiger partial charge in [-0.25, -0.2) is 4.79 Å². The summed E-state index contributed by atoms with van der Waals surface area (Å²) >= 11 is 0. The van der Waals surface area contributed by atoms with Crippen molar-refractivity contribution in [2.24, 2.45) is 0 Å². The van der Waals surface area contributed by atoms with Gasteiger partial charge in [-0.1, -0.05) is 31.2 Å². The van der Waals surface area contributed by atoms with Gasteiger partial charge in [0, 0.05) is 32.7 Å². The highest BCUT2D eigenvalue weighted by Gasteiger charge is 2.22. The van der Waals surface area contributed by atoms with Crippen molar-refractivity contribution in [2.45, 2.75) is 32.8 Å². The van der Waals surface area contributed by atoms with E-state index >= 15 is 0 Å². The zero-order valence-corrected chi connectivity index (χ0v) is 14.2. The molecule has 5 heteroatoms. The summed E-state index contributed by atoms with van der Waals surface area (Å²) in [6.07, 6.45) is 1.08. The maximum atomic E-state index is 11.7. The van der Waals surface area contributed by atoms with Gasteiger partial charge < -0.3 is 14.7 Å². The lowest BCUT2D eigenvalue weighted by Crippen LogP contribution is -2.49. The van der Waals surface area contributed by atoms with Gasteiger partial charge in [-0.3, -0.25) is 4.90 Å². The van der Waals surface area contributed by atoms with Crippen LogP contribution in [-0.2, 0) is 11.2 Å². The number of rotatable bonds is 6. The lowest BCUT2D eigenvalue weighted by atomic mass is 10.0. The highest BCUT2D eigenvalue weighted by atomic mass is 16.6. The van der Waals surface area contributed by atoms with Crippen LogP contribution in [0, 0.1) is 0 Å². The van der Waals surface area contributed by atoms with Gasteiger partial charge in [-0.2, -0.15) is 0 Å². The van der Waals surface area contributed by atoms with Gasteiger partial charge in [0.15, 0.2) is 0 Å². The molecule has 0 aromatic heterocycles. The number of carbonyl (C=O) groups excluding carboxylic acids is 1. The molecule has 128 valence electrons. The Labute approximate surface area is 138 Å². The molecule has 0 saturated carbocycles. The molecule has 1 heterocycles. The summed E-state index contributed by atoms with van der Waals surface area (Å²) in [6, 6.07) is 8.19. The van der Waals surface area contributed by atoms with Gasteiger partial charge in [0.1, 0.15) is 0 Å². The third-order valence-corrected chi connectivity index (χ3v) is 4.39.